The molecule has 0 fully saturated rings. The van der Waals surface area contributed by atoms with Crippen LogP contribution in [0.15, 0.2) is 0 Å². The summed E-state index contributed by atoms with van der Waals surface area (Å²) in [5, 5.41) is 0.170. The van der Waals surface area contributed by atoms with Gasteiger partial charge in [0, 0.05) is 6.92 Å². The normalized spacial score (nSPS) is 16.5. The second-order valence-corrected chi connectivity index (χ2v) is 12.2. The number of esters is 1. The zero-order valence-corrected chi connectivity index (χ0v) is 14.6. The monoisotopic (exact) mass is 324 g/mol. The molecule has 0 heterocycles. The molecule has 17 heavy (non-hydrogen) atoms. The molecule has 0 aromatic heterocycles. The molecule has 0 unspecified atom stereocenters. The Morgan fingerprint density at radius 1 is 1.35 bits per heavy atom. The van der Waals surface area contributed by atoms with Crippen LogP contribution in [0.1, 0.15) is 34.6 Å². The highest BCUT2D eigenvalue weighted by molar-refractivity contribution is 9.09. The second-order valence-electron chi connectivity index (χ2n) is 5.90. The Morgan fingerprint density at radius 2 is 1.82 bits per heavy atom. The van der Waals surface area contributed by atoms with Crippen molar-refractivity contribution < 1.29 is 14.0 Å². The summed E-state index contributed by atoms with van der Waals surface area (Å²) in [6.45, 7) is 14.8. The molecule has 0 aromatic rings. The van der Waals surface area contributed by atoms with Gasteiger partial charge >= 0.3 is 5.97 Å². The maximum absolute atomic E-state index is 11.0. The van der Waals surface area contributed by atoms with E-state index in [0.29, 0.717) is 6.61 Å². The Hall–Kier alpha value is 0.127. The van der Waals surface area contributed by atoms with E-state index in [1.807, 2.05) is 6.92 Å². The molecule has 0 saturated carbocycles. The van der Waals surface area contributed by atoms with Crippen molar-refractivity contribution in [2.24, 2.45) is 0 Å². The standard InChI is InChI=1S/C12H25BrO3Si/c1-9(13)11(16-10(2)14)8-15-17(6,7)12(3,4)5/h9,11H,8H2,1-7H3/t9-,11+/m0/s1. The van der Waals surface area contributed by atoms with Crippen molar-refractivity contribution in [3.63, 3.8) is 0 Å². The van der Waals surface area contributed by atoms with Crippen LogP contribution >= 0.6 is 15.9 Å². The van der Waals surface area contributed by atoms with E-state index >= 15 is 0 Å². The lowest BCUT2D eigenvalue weighted by atomic mass is 10.2. The van der Waals surface area contributed by atoms with Gasteiger partial charge in [-0.05, 0) is 25.1 Å². The van der Waals surface area contributed by atoms with Crippen LogP contribution in [0.3, 0.4) is 0 Å². The fraction of sp³-hybridized carbons (Fsp3) is 0.917. The van der Waals surface area contributed by atoms with Crippen LogP contribution < -0.4 is 0 Å². The number of carbonyl (C=O) groups is 1. The highest BCUT2D eigenvalue weighted by Crippen LogP contribution is 2.36. The Kier molecular flexibility index (Phi) is 6.39. The van der Waals surface area contributed by atoms with Crippen molar-refractivity contribution in [2.75, 3.05) is 6.61 Å². The minimum Gasteiger partial charge on any atom is -0.459 e. The first kappa shape index (κ1) is 17.1. The van der Waals surface area contributed by atoms with Gasteiger partial charge in [0.1, 0.15) is 6.10 Å². The molecular weight excluding hydrogens is 300 g/mol. The largest absolute Gasteiger partial charge is 0.459 e. The molecule has 0 saturated heterocycles. The predicted molar refractivity (Wildman–Crippen MR) is 77.1 cm³/mol. The Morgan fingerprint density at radius 3 is 2.12 bits per heavy atom. The molecule has 0 aromatic carbocycles. The van der Waals surface area contributed by atoms with Crippen LogP contribution in [0.4, 0.5) is 0 Å². The van der Waals surface area contributed by atoms with Gasteiger partial charge in [-0.25, -0.2) is 0 Å². The van der Waals surface area contributed by atoms with Crippen molar-refractivity contribution in [2.45, 2.75) is 63.7 Å². The third kappa shape index (κ3) is 6.02. The zero-order chi connectivity index (χ0) is 13.9. The summed E-state index contributed by atoms with van der Waals surface area (Å²) in [5.74, 6) is -0.264. The fourth-order valence-corrected chi connectivity index (χ4v) is 2.25. The number of rotatable bonds is 5. The molecule has 102 valence electrons. The van der Waals surface area contributed by atoms with Crippen molar-refractivity contribution in [3.8, 4) is 0 Å². The summed E-state index contributed by atoms with van der Waals surface area (Å²) < 4.78 is 11.3. The molecule has 5 heteroatoms. The van der Waals surface area contributed by atoms with Gasteiger partial charge in [0.2, 0.25) is 0 Å². The Balaban J connectivity index is 4.45. The van der Waals surface area contributed by atoms with Crippen LogP contribution in [-0.2, 0) is 14.0 Å². The quantitative estimate of drug-likeness (QED) is 0.439. The van der Waals surface area contributed by atoms with E-state index in [1.165, 1.54) is 6.92 Å². The summed E-state index contributed by atoms with van der Waals surface area (Å²) in [7, 11) is -1.78. The van der Waals surface area contributed by atoms with Gasteiger partial charge in [-0.3, -0.25) is 4.79 Å². The van der Waals surface area contributed by atoms with Gasteiger partial charge in [0.25, 0.3) is 0 Å². The Bertz CT molecular complexity index is 259. The van der Waals surface area contributed by atoms with Crippen LogP contribution in [-0.4, -0.2) is 31.8 Å². The number of alkyl halides is 1. The first-order valence-corrected chi connectivity index (χ1v) is 9.75. The summed E-state index contributed by atoms with van der Waals surface area (Å²) >= 11 is 3.45. The molecule has 2 atom stereocenters. The lowest BCUT2D eigenvalue weighted by Gasteiger charge is -2.37. The summed E-state index contributed by atoms with van der Waals surface area (Å²) in [4.78, 5) is 11.1. The average Bonchev–Trinajstić information content (AvgIpc) is 2.09. The van der Waals surface area contributed by atoms with Crippen molar-refractivity contribution in [1.82, 2.24) is 0 Å². The van der Waals surface area contributed by atoms with Gasteiger partial charge in [-0.15, -0.1) is 0 Å². The molecule has 0 rings (SSSR count). The van der Waals surface area contributed by atoms with E-state index in [1.54, 1.807) is 0 Å². The minimum absolute atomic E-state index is 0.0937. The molecule has 0 aliphatic heterocycles. The molecule has 0 N–H and O–H groups in total. The fourth-order valence-electron chi connectivity index (χ4n) is 0.981. The number of halogens is 1. The molecule has 0 amide bonds. The summed E-state index contributed by atoms with van der Waals surface area (Å²) in [5.41, 5.74) is 0. The van der Waals surface area contributed by atoms with E-state index < -0.39 is 8.32 Å². The first-order chi connectivity index (χ1) is 7.47. The van der Waals surface area contributed by atoms with Crippen LogP contribution in [0.5, 0.6) is 0 Å². The van der Waals surface area contributed by atoms with Crippen molar-refractivity contribution >= 4 is 30.2 Å². The molecule has 3 nitrogen and oxygen atoms in total. The van der Waals surface area contributed by atoms with Crippen LogP contribution in [0, 0.1) is 0 Å². The summed E-state index contributed by atoms with van der Waals surface area (Å²) in [6, 6.07) is 0. The van der Waals surface area contributed by atoms with Crippen molar-refractivity contribution in [1.29, 1.82) is 0 Å². The highest BCUT2D eigenvalue weighted by Gasteiger charge is 2.38. The predicted octanol–water partition coefficient (Wildman–Crippen LogP) is 3.72. The minimum atomic E-state index is -1.78. The number of hydrogen-bond acceptors (Lipinski definition) is 3. The third-order valence-corrected chi connectivity index (χ3v) is 8.33. The number of carbonyl (C=O) groups excluding carboxylic acids is 1. The van der Waals surface area contributed by atoms with Crippen molar-refractivity contribution in [3.05, 3.63) is 0 Å². The topological polar surface area (TPSA) is 35.5 Å². The van der Waals surface area contributed by atoms with Crippen LogP contribution in [0.2, 0.25) is 18.1 Å². The van der Waals surface area contributed by atoms with E-state index in [4.69, 9.17) is 9.16 Å². The average molecular weight is 325 g/mol. The first-order valence-electron chi connectivity index (χ1n) is 5.92. The van der Waals surface area contributed by atoms with Gasteiger partial charge in [-0.1, -0.05) is 36.7 Å². The molecular formula is C12H25BrO3Si. The zero-order valence-electron chi connectivity index (χ0n) is 12.0. The van der Waals surface area contributed by atoms with Gasteiger partial charge in [-0.2, -0.15) is 0 Å². The van der Waals surface area contributed by atoms with E-state index in [2.05, 4.69) is 49.8 Å². The van der Waals surface area contributed by atoms with Gasteiger partial charge in [0.05, 0.1) is 11.4 Å². The van der Waals surface area contributed by atoms with Gasteiger partial charge < -0.3 is 9.16 Å². The molecule has 0 radical (unpaired) electrons. The lowest BCUT2D eigenvalue weighted by Crippen LogP contribution is -2.44. The number of ether oxygens (including phenoxy) is 1. The third-order valence-electron chi connectivity index (χ3n) is 3.24. The molecule has 0 bridgehead atoms. The van der Waals surface area contributed by atoms with E-state index in [0.717, 1.165) is 0 Å². The lowest BCUT2D eigenvalue weighted by molar-refractivity contribution is -0.147. The van der Waals surface area contributed by atoms with Crippen LogP contribution in [0.25, 0.3) is 0 Å². The second kappa shape index (κ2) is 6.34. The van der Waals surface area contributed by atoms with Gasteiger partial charge in [0.15, 0.2) is 8.32 Å². The highest BCUT2D eigenvalue weighted by atomic mass is 79.9. The van der Waals surface area contributed by atoms with E-state index in [9.17, 15) is 4.79 Å². The molecule has 0 spiro atoms. The number of hydrogen-bond donors (Lipinski definition) is 0. The maximum atomic E-state index is 11.0. The smallest absolute Gasteiger partial charge is 0.303 e. The molecule has 0 aliphatic carbocycles. The van der Waals surface area contributed by atoms with E-state index in [-0.39, 0.29) is 21.9 Å². The maximum Gasteiger partial charge on any atom is 0.303 e. The SMILES string of the molecule is CC(=O)O[C@H](CO[Si](C)(C)C(C)(C)C)[C@H](C)Br. The Labute approximate surface area is 115 Å². The summed E-state index contributed by atoms with van der Waals surface area (Å²) in [6.07, 6.45) is -0.221. The molecule has 0 aliphatic rings.